The van der Waals surface area contributed by atoms with Crippen LogP contribution < -0.4 is 0 Å². The molecule has 0 unspecified atom stereocenters. The van der Waals surface area contributed by atoms with Crippen molar-refractivity contribution in [3.8, 4) is 0 Å². The SMILES string of the molecule is C/C(I)=C/I. The van der Waals surface area contributed by atoms with E-state index in [9.17, 15) is 0 Å². The highest BCUT2D eigenvalue weighted by Crippen LogP contribution is 2.04. The summed E-state index contributed by atoms with van der Waals surface area (Å²) in [7, 11) is 0. The summed E-state index contributed by atoms with van der Waals surface area (Å²) >= 11 is 4.47. The van der Waals surface area contributed by atoms with Crippen LogP contribution in [0.15, 0.2) is 7.66 Å². The van der Waals surface area contributed by atoms with Gasteiger partial charge >= 0.3 is 0 Å². The number of halogens is 2. The average molecular weight is 294 g/mol. The van der Waals surface area contributed by atoms with E-state index in [1.807, 2.05) is 4.08 Å². The van der Waals surface area contributed by atoms with Gasteiger partial charge in [0.25, 0.3) is 0 Å². The van der Waals surface area contributed by atoms with Crippen LogP contribution in [0.25, 0.3) is 0 Å². The molecule has 30 valence electrons. The van der Waals surface area contributed by atoms with Crippen molar-refractivity contribution >= 4 is 45.2 Å². The summed E-state index contributed by atoms with van der Waals surface area (Å²) in [5, 5.41) is 0. The summed E-state index contributed by atoms with van der Waals surface area (Å²) in [6.07, 6.45) is 0. The zero-order valence-corrected chi connectivity index (χ0v) is 7.15. The molecule has 2 heteroatoms. The Labute approximate surface area is 59.3 Å². The Kier molecular flexibility index (Phi) is 4.21. The molecular formula is C3H4I2. The molecule has 0 spiro atoms. The average Bonchev–Trinajstić information content (AvgIpc) is 1.38. The maximum Gasteiger partial charge on any atom is -0.00645 e. The van der Waals surface area contributed by atoms with Gasteiger partial charge in [-0.05, 0) is 37.2 Å². The summed E-state index contributed by atoms with van der Waals surface area (Å²) in [6, 6.07) is 0. The van der Waals surface area contributed by atoms with Crippen LogP contribution in [0.2, 0.25) is 0 Å². The van der Waals surface area contributed by atoms with Gasteiger partial charge in [0.1, 0.15) is 0 Å². The molecule has 0 rings (SSSR count). The predicted octanol–water partition coefficient (Wildman–Crippen LogP) is 2.72. The van der Waals surface area contributed by atoms with Crippen LogP contribution in [0.1, 0.15) is 6.92 Å². The second-order valence-electron chi connectivity index (χ2n) is 0.696. The topological polar surface area (TPSA) is 0 Å². The van der Waals surface area contributed by atoms with Crippen molar-refractivity contribution in [2.45, 2.75) is 6.92 Å². The number of rotatable bonds is 0. The molecular weight excluding hydrogens is 290 g/mol. The van der Waals surface area contributed by atoms with Crippen molar-refractivity contribution < 1.29 is 0 Å². The molecule has 0 saturated heterocycles. The molecule has 0 aromatic heterocycles. The molecule has 0 N–H and O–H groups in total. The molecule has 0 aromatic carbocycles. The molecule has 5 heavy (non-hydrogen) atoms. The summed E-state index contributed by atoms with van der Waals surface area (Å²) < 4.78 is 3.38. The molecule has 0 aliphatic carbocycles. The zero-order valence-electron chi connectivity index (χ0n) is 2.83. The second-order valence-corrected chi connectivity index (χ2v) is 3.02. The van der Waals surface area contributed by atoms with Crippen LogP contribution in [-0.2, 0) is 0 Å². The summed E-state index contributed by atoms with van der Waals surface area (Å²) in [5.41, 5.74) is 0. The lowest BCUT2D eigenvalue weighted by Gasteiger charge is -1.69. The molecule has 0 saturated carbocycles. The summed E-state index contributed by atoms with van der Waals surface area (Å²) in [6.45, 7) is 2.06. The maximum absolute atomic E-state index is 2.26. The largest absolute Gasteiger partial charge is 0.0522 e. The highest BCUT2D eigenvalue weighted by Gasteiger charge is 1.65. The van der Waals surface area contributed by atoms with Gasteiger partial charge in [0.15, 0.2) is 0 Å². The van der Waals surface area contributed by atoms with Crippen molar-refractivity contribution in [3.63, 3.8) is 0 Å². The smallest absolute Gasteiger partial charge is 0.00645 e. The van der Waals surface area contributed by atoms with Crippen molar-refractivity contribution in [2.24, 2.45) is 0 Å². The summed E-state index contributed by atoms with van der Waals surface area (Å²) in [5.74, 6) is 0. The van der Waals surface area contributed by atoms with E-state index in [1.165, 1.54) is 3.58 Å². The van der Waals surface area contributed by atoms with Gasteiger partial charge in [0, 0.05) is 0 Å². The predicted molar refractivity (Wildman–Crippen MR) is 41.8 cm³/mol. The van der Waals surface area contributed by atoms with Gasteiger partial charge in [0.2, 0.25) is 0 Å². The molecule has 0 nitrogen and oxygen atoms in total. The minimum atomic E-state index is 1.34. The Hall–Kier alpha value is 1.20. The first-order chi connectivity index (χ1) is 2.27. The van der Waals surface area contributed by atoms with Crippen molar-refractivity contribution in [2.75, 3.05) is 0 Å². The van der Waals surface area contributed by atoms with E-state index in [0.717, 1.165) is 0 Å². The lowest BCUT2D eigenvalue weighted by Crippen LogP contribution is -1.39. The quantitative estimate of drug-likeness (QED) is 0.603. The normalized spacial score (nSPS) is 12.2. The van der Waals surface area contributed by atoms with Crippen molar-refractivity contribution in [3.05, 3.63) is 7.66 Å². The minimum Gasteiger partial charge on any atom is -0.0522 e. The third-order valence-corrected chi connectivity index (χ3v) is 2.59. The monoisotopic (exact) mass is 294 g/mol. The number of hydrogen-bond donors (Lipinski definition) is 0. The molecule has 0 aliphatic rings. The number of allylic oxidation sites excluding steroid dienone is 1. The van der Waals surface area contributed by atoms with E-state index < -0.39 is 0 Å². The molecule has 0 heterocycles. The minimum absolute atomic E-state index is 1.34. The van der Waals surface area contributed by atoms with Gasteiger partial charge in [-0.25, -0.2) is 0 Å². The van der Waals surface area contributed by atoms with Crippen LogP contribution in [0.5, 0.6) is 0 Å². The third kappa shape index (κ3) is 5.20. The van der Waals surface area contributed by atoms with Crippen LogP contribution in [0.3, 0.4) is 0 Å². The Morgan fingerprint density at radius 2 is 2.00 bits per heavy atom. The first kappa shape index (κ1) is 6.20. The standard InChI is InChI=1S/C3H4I2/c1-3(5)2-4/h2H,1H3/b3-2-. The third-order valence-electron chi connectivity index (χ3n) is 0.150. The van der Waals surface area contributed by atoms with Crippen LogP contribution in [0, 0.1) is 0 Å². The van der Waals surface area contributed by atoms with Gasteiger partial charge < -0.3 is 0 Å². The maximum atomic E-state index is 2.26. The fraction of sp³-hybridized carbons (Fsp3) is 0.333. The van der Waals surface area contributed by atoms with Crippen molar-refractivity contribution in [1.82, 2.24) is 0 Å². The van der Waals surface area contributed by atoms with E-state index in [-0.39, 0.29) is 0 Å². The van der Waals surface area contributed by atoms with Gasteiger partial charge in [-0.15, -0.1) is 0 Å². The Morgan fingerprint density at radius 3 is 2.00 bits per heavy atom. The molecule has 0 aromatic rings. The van der Waals surface area contributed by atoms with Gasteiger partial charge in [0.05, 0.1) is 0 Å². The lowest BCUT2D eigenvalue weighted by molar-refractivity contribution is 1.77. The fourth-order valence-corrected chi connectivity index (χ4v) is 0. The van der Waals surface area contributed by atoms with E-state index in [0.29, 0.717) is 0 Å². The van der Waals surface area contributed by atoms with Crippen LogP contribution in [-0.4, -0.2) is 0 Å². The van der Waals surface area contributed by atoms with Gasteiger partial charge in [-0.3, -0.25) is 0 Å². The zero-order chi connectivity index (χ0) is 4.28. The summed E-state index contributed by atoms with van der Waals surface area (Å²) in [4.78, 5) is 0. The molecule has 0 amide bonds. The Bertz CT molecular complexity index is 42.9. The highest BCUT2D eigenvalue weighted by atomic mass is 127. The van der Waals surface area contributed by atoms with Crippen molar-refractivity contribution in [1.29, 1.82) is 0 Å². The first-order valence-corrected chi connectivity index (χ1v) is 3.52. The molecule has 0 atom stereocenters. The number of hydrogen-bond acceptors (Lipinski definition) is 0. The van der Waals surface area contributed by atoms with Crippen LogP contribution in [0.4, 0.5) is 0 Å². The van der Waals surface area contributed by atoms with Crippen LogP contribution >= 0.6 is 45.2 Å². The van der Waals surface area contributed by atoms with E-state index in [4.69, 9.17) is 0 Å². The van der Waals surface area contributed by atoms with E-state index in [1.54, 1.807) is 0 Å². The van der Waals surface area contributed by atoms with Gasteiger partial charge in [-0.1, -0.05) is 22.6 Å². The molecule has 0 radical (unpaired) electrons. The van der Waals surface area contributed by atoms with E-state index >= 15 is 0 Å². The van der Waals surface area contributed by atoms with E-state index in [2.05, 4.69) is 52.1 Å². The first-order valence-electron chi connectivity index (χ1n) is 1.20. The highest BCUT2D eigenvalue weighted by molar-refractivity contribution is 14.1. The fourth-order valence-electron chi connectivity index (χ4n) is 0. The van der Waals surface area contributed by atoms with Gasteiger partial charge in [-0.2, -0.15) is 0 Å². The molecule has 0 aliphatic heterocycles. The second kappa shape index (κ2) is 3.39. The Balaban J connectivity index is 3.14. The Morgan fingerprint density at radius 1 is 1.80 bits per heavy atom. The molecule has 0 fully saturated rings. The molecule has 0 bridgehead atoms. The lowest BCUT2D eigenvalue weighted by atomic mass is 10.8.